The average molecular weight is 475 g/mol. The minimum atomic E-state index is -0.662. The van der Waals surface area contributed by atoms with Crippen molar-refractivity contribution in [2.24, 2.45) is 0 Å². The topological polar surface area (TPSA) is 110 Å². The zero-order chi connectivity index (χ0) is 24.2. The smallest absolute Gasteiger partial charge is 0.282 e. The molecule has 9 heteroatoms. The molecule has 1 atom stereocenters. The summed E-state index contributed by atoms with van der Waals surface area (Å²) >= 11 is 5.19. The monoisotopic (exact) mass is 474 g/mol. The molecular formula is C25H22N4O4S. The van der Waals surface area contributed by atoms with E-state index in [-0.39, 0.29) is 16.4 Å². The van der Waals surface area contributed by atoms with E-state index in [2.05, 4.69) is 41.6 Å². The standard InChI is InChI=1S/C25H22N4O4S/c1-3-15(2)17-10-13-22-20(14-17)27-24(33-22)16-8-11-18(12-9-16)26-25(34)28-23(30)19-6-4-5-7-21(19)29(31)32/h4-15H,3H2,1-2H3,(H2,26,28,30,34). The minimum Gasteiger partial charge on any atom is -0.436 e. The average Bonchev–Trinajstić information content (AvgIpc) is 3.27. The molecule has 0 radical (unpaired) electrons. The van der Waals surface area contributed by atoms with E-state index in [4.69, 9.17) is 16.6 Å². The number of oxazole rings is 1. The first-order chi connectivity index (χ1) is 16.4. The number of nitrogens with zero attached hydrogens (tertiary/aromatic N) is 2. The van der Waals surface area contributed by atoms with Gasteiger partial charge in [0.05, 0.1) is 4.92 Å². The highest BCUT2D eigenvalue weighted by molar-refractivity contribution is 7.80. The van der Waals surface area contributed by atoms with Crippen molar-refractivity contribution in [3.8, 4) is 11.5 Å². The maximum absolute atomic E-state index is 12.4. The number of carbonyl (C=O) groups is 1. The summed E-state index contributed by atoms with van der Waals surface area (Å²) in [6.07, 6.45) is 1.05. The molecule has 34 heavy (non-hydrogen) atoms. The fourth-order valence-corrected chi connectivity index (χ4v) is 3.67. The van der Waals surface area contributed by atoms with Crippen molar-refractivity contribution >= 4 is 45.7 Å². The molecule has 1 aromatic heterocycles. The zero-order valence-corrected chi connectivity index (χ0v) is 19.4. The van der Waals surface area contributed by atoms with Gasteiger partial charge in [-0.2, -0.15) is 0 Å². The Morgan fingerprint density at radius 1 is 1.15 bits per heavy atom. The largest absolute Gasteiger partial charge is 0.436 e. The van der Waals surface area contributed by atoms with Crippen molar-refractivity contribution < 1.29 is 14.1 Å². The number of nitro groups is 1. The van der Waals surface area contributed by atoms with Crippen molar-refractivity contribution in [1.82, 2.24) is 10.3 Å². The summed E-state index contributed by atoms with van der Waals surface area (Å²) < 4.78 is 5.91. The van der Waals surface area contributed by atoms with Gasteiger partial charge in [-0.3, -0.25) is 20.2 Å². The summed E-state index contributed by atoms with van der Waals surface area (Å²) in [7, 11) is 0. The quantitative estimate of drug-likeness (QED) is 0.199. The van der Waals surface area contributed by atoms with Gasteiger partial charge < -0.3 is 9.73 Å². The summed E-state index contributed by atoms with van der Waals surface area (Å²) in [5, 5.41) is 16.5. The molecule has 0 saturated heterocycles. The summed E-state index contributed by atoms with van der Waals surface area (Å²) in [5.74, 6) is 0.298. The predicted octanol–water partition coefficient (Wildman–Crippen LogP) is 6.04. The van der Waals surface area contributed by atoms with Crippen LogP contribution in [0.1, 0.15) is 42.1 Å². The third kappa shape index (κ3) is 4.94. The first kappa shape index (κ1) is 23.1. The van der Waals surface area contributed by atoms with Gasteiger partial charge in [0, 0.05) is 17.3 Å². The molecule has 4 rings (SSSR count). The molecular weight excluding hydrogens is 452 g/mol. The van der Waals surface area contributed by atoms with Gasteiger partial charge in [-0.05, 0) is 72.6 Å². The van der Waals surface area contributed by atoms with E-state index >= 15 is 0 Å². The number of carbonyl (C=O) groups excluding carboxylic acids is 1. The van der Waals surface area contributed by atoms with Crippen LogP contribution in [0.25, 0.3) is 22.6 Å². The van der Waals surface area contributed by atoms with E-state index in [0.29, 0.717) is 17.5 Å². The highest BCUT2D eigenvalue weighted by atomic mass is 32.1. The fourth-order valence-electron chi connectivity index (χ4n) is 3.46. The van der Waals surface area contributed by atoms with E-state index in [0.717, 1.165) is 23.1 Å². The first-order valence-electron chi connectivity index (χ1n) is 10.7. The van der Waals surface area contributed by atoms with Crippen LogP contribution < -0.4 is 10.6 Å². The van der Waals surface area contributed by atoms with Crippen LogP contribution in [0.2, 0.25) is 0 Å². The molecule has 0 spiro atoms. The van der Waals surface area contributed by atoms with Gasteiger partial charge in [-0.1, -0.05) is 32.0 Å². The van der Waals surface area contributed by atoms with Gasteiger partial charge in [0.2, 0.25) is 5.89 Å². The lowest BCUT2D eigenvalue weighted by Crippen LogP contribution is -2.34. The van der Waals surface area contributed by atoms with Gasteiger partial charge in [-0.25, -0.2) is 4.98 Å². The molecule has 1 unspecified atom stereocenters. The molecule has 0 fully saturated rings. The Balaban J connectivity index is 1.44. The van der Waals surface area contributed by atoms with Gasteiger partial charge in [0.15, 0.2) is 10.7 Å². The van der Waals surface area contributed by atoms with Crippen LogP contribution in [-0.4, -0.2) is 20.9 Å². The van der Waals surface area contributed by atoms with Crippen LogP contribution >= 0.6 is 12.2 Å². The molecule has 0 aliphatic carbocycles. The lowest BCUT2D eigenvalue weighted by atomic mass is 9.98. The molecule has 0 aliphatic heterocycles. The van der Waals surface area contributed by atoms with Crippen LogP contribution in [0.4, 0.5) is 11.4 Å². The molecule has 0 aliphatic rings. The van der Waals surface area contributed by atoms with Crippen molar-refractivity contribution in [3.05, 3.63) is 88.0 Å². The number of nitro benzene ring substituents is 1. The van der Waals surface area contributed by atoms with E-state index in [9.17, 15) is 14.9 Å². The highest BCUT2D eigenvalue weighted by Crippen LogP contribution is 2.28. The summed E-state index contributed by atoms with van der Waals surface area (Å²) in [6.45, 7) is 4.34. The number of amides is 1. The second kappa shape index (κ2) is 9.80. The van der Waals surface area contributed by atoms with Crippen LogP contribution in [0.3, 0.4) is 0 Å². The maximum atomic E-state index is 12.4. The van der Waals surface area contributed by atoms with Crippen molar-refractivity contribution in [1.29, 1.82) is 0 Å². The minimum absolute atomic E-state index is 0.0235. The number of para-hydroxylation sites is 1. The van der Waals surface area contributed by atoms with Crippen LogP contribution in [-0.2, 0) is 0 Å². The lowest BCUT2D eigenvalue weighted by Gasteiger charge is -2.10. The Bertz CT molecular complexity index is 1380. The number of benzene rings is 3. The molecule has 172 valence electrons. The Morgan fingerprint density at radius 2 is 1.88 bits per heavy atom. The third-order valence-electron chi connectivity index (χ3n) is 5.56. The SMILES string of the molecule is CCC(C)c1ccc2oc(-c3ccc(NC(=S)NC(=O)c4ccccc4[N+](=O)[O-])cc3)nc2c1. The number of aromatic nitrogens is 1. The molecule has 0 saturated carbocycles. The van der Waals surface area contributed by atoms with Crippen LogP contribution in [0, 0.1) is 10.1 Å². The molecule has 4 aromatic rings. The fraction of sp³-hybridized carbons (Fsp3) is 0.160. The van der Waals surface area contributed by atoms with E-state index in [1.165, 1.54) is 23.8 Å². The second-order valence-corrected chi connectivity index (χ2v) is 8.22. The Morgan fingerprint density at radius 3 is 2.59 bits per heavy atom. The van der Waals surface area contributed by atoms with Crippen LogP contribution in [0.5, 0.6) is 0 Å². The molecule has 2 N–H and O–H groups in total. The Hall–Kier alpha value is -4.11. The van der Waals surface area contributed by atoms with Crippen molar-refractivity contribution in [2.45, 2.75) is 26.2 Å². The summed E-state index contributed by atoms with van der Waals surface area (Å²) in [4.78, 5) is 27.6. The Kier molecular flexibility index (Phi) is 6.65. The predicted molar refractivity (Wildman–Crippen MR) is 135 cm³/mol. The number of hydrogen-bond donors (Lipinski definition) is 2. The lowest BCUT2D eigenvalue weighted by molar-refractivity contribution is -0.385. The number of fused-ring (bicyclic) bond motifs is 1. The van der Waals surface area contributed by atoms with E-state index in [1.54, 1.807) is 18.2 Å². The zero-order valence-electron chi connectivity index (χ0n) is 18.6. The number of nitrogens with one attached hydrogen (secondary N) is 2. The second-order valence-electron chi connectivity index (χ2n) is 7.82. The van der Waals surface area contributed by atoms with E-state index in [1.807, 2.05) is 18.2 Å². The molecule has 0 bridgehead atoms. The third-order valence-corrected chi connectivity index (χ3v) is 5.76. The summed E-state index contributed by atoms with van der Waals surface area (Å²) in [6, 6.07) is 19.0. The number of anilines is 1. The first-order valence-corrected chi connectivity index (χ1v) is 11.1. The molecule has 1 amide bonds. The van der Waals surface area contributed by atoms with Gasteiger partial charge in [0.25, 0.3) is 11.6 Å². The molecule has 1 heterocycles. The van der Waals surface area contributed by atoms with Gasteiger partial charge in [-0.15, -0.1) is 0 Å². The van der Waals surface area contributed by atoms with Crippen molar-refractivity contribution in [3.63, 3.8) is 0 Å². The van der Waals surface area contributed by atoms with Crippen LogP contribution in [0.15, 0.2) is 71.1 Å². The maximum Gasteiger partial charge on any atom is 0.282 e. The van der Waals surface area contributed by atoms with Gasteiger partial charge >= 0.3 is 0 Å². The molecule has 8 nitrogen and oxygen atoms in total. The number of hydrogen-bond acceptors (Lipinski definition) is 6. The van der Waals surface area contributed by atoms with Gasteiger partial charge in [0.1, 0.15) is 11.1 Å². The normalized spacial score (nSPS) is 11.7. The summed E-state index contributed by atoms with van der Waals surface area (Å²) in [5.41, 5.74) is 3.83. The Labute approximate surface area is 201 Å². The van der Waals surface area contributed by atoms with E-state index < -0.39 is 10.8 Å². The van der Waals surface area contributed by atoms with Crippen molar-refractivity contribution in [2.75, 3.05) is 5.32 Å². The number of thiocarbonyl (C=S) groups is 1. The number of rotatable bonds is 6. The molecule has 3 aromatic carbocycles. The highest BCUT2D eigenvalue weighted by Gasteiger charge is 2.20.